The predicted octanol–water partition coefficient (Wildman–Crippen LogP) is 1.36. The molecule has 0 unspecified atom stereocenters. The van der Waals surface area contributed by atoms with E-state index in [4.69, 9.17) is 9.47 Å². The zero-order valence-electron chi connectivity index (χ0n) is 12.5. The standard InChI is InChI=1S/C14H19NO5S2/c1-3-20-11-4-6-12(7-5-11)22(17,18)15-8-9-21-13(10-15)14(16)19-2/h4-7,13H,3,8-10H2,1-2H3/t13-/m1/s1. The smallest absolute Gasteiger partial charge is 0.320 e. The number of carbonyl (C=O) groups excluding carboxylic acids is 1. The number of carbonyl (C=O) groups is 1. The second-order valence-electron chi connectivity index (χ2n) is 4.65. The third-order valence-electron chi connectivity index (χ3n) is 3.27. The van der Waals surface area contributed by atoms with Crippen molar-refractivity contribution >= 4 is 27.8 Å². The Morgan fingerprint density at radius 1 is 1.36 bits per heavy atom. The average molecular weight is 345 g/mol. The topological polar surface area (TPSA) is 72.9 Å². The van der Waals surface area contributed by atoms with Gasteiger partial charge in [-0.2, -0.15) is 4.31 Å². The fraction of sp³-hybridized carbons (Fsp3) is 0.500. The Labute approximate surface area is 134 Å². The van der Waals surface area contributed by atoms with Crippen molar-refractivity contribution in [3.8, 4) is 5.75 Å². The predicted molar refractivity (Wildman–Crippen MR) is 84.6 cm³/mol. The molecule has 0 aromatic heterocycles. The van der Waals surface area contributed by atoms with E-state index >= 15 is 0 Å². The summed E-state index contributed by atoms with van der Waals surface area (Å²) in [4.78, 5) is 11.8. The van der Waals surface area contributed by atoms with Gasteiger partial charge in [-0.05, 0) is 31.2 Å². The van der Waals surface area contributed by atoms with Crippen molar-refractivity contribution in [3.05, 3.63) is 24.3 Å². The molecule has 1 aromatic rings. The summed E-state index contributed by atoms with van der Waals surface area (Å²) < 4.78 is 36.6. The minimum atomic E-state index is -3.61. The van der Waals surface area contributed by atoms with E-state index < -0.39 is 21.2 Å². The molecule has 8 heteroatoms. The quantitative estimate of drug-likeness (QED) is 0.751. The van der Waals surface area contributed by atoms with E-state index in [0.29, 0.717) is 24.7 Å². The molecule has 6 nitrogen and oxygen atoms in total. The van der Waals surface area contributed by atoms with Gasteiger partial charge in [-0.1, -0.05) is 0 Å². The van der Waals surface area contributed by atoms with Crippen molar-refractivity contribution in [1.82, 2.24) is 4.31 Å². The molecule has 22 heavy (non-hydrogen) atoms. The lowest BCUT2D eigenvalue weighted by Crippen LogP contribution is -2.44. The molecular formula is C14H19NO5S2. The SMILES string of the molecule is CCOc1ccc(S(=O)(=O)N2CCS[C@@H](C(=O)OC)C2)cc1. The summed E-state index contributed by atoms with van der Waals surface area (Å²) >= 11 is 1.42. The van der Waals surface area contributed by atoms with Crippen molar-refractivity contribution < 1.29 is 22.7 Å². The number of sulfonamides is 1. The molecule has 1 aromatic carbocycles. The maximum absolute atomic E-state index is 12.6. The summed E-state index contributed by atoms with van der Waals surface area (Å²) in [5.41, 5.74) is 0. The highest BCUT2D eigenvalue weighted by Crippen LogP contribution is 2.26. The van der Waals surface area contributed by atoms with E-state index in [2.05, 4.69) is 0 Å². The molecule has 0 radical (unpaired) electrons. The van der Waals surface area contributed by atoms with Gasteiger partial charge >= 0.3 is 5.97 Å². The summed E-state index contributed by atoms with van der Waals surface area (Å²) in [5.74, 6) is 0.801. The van der Waals surface area contributed by atoms with Crippen LogP contribution in [0.25, 0.3) is 0 Å². The van der Waals surface area contributed by atoms with Crippen LogP contribution < -0.4 is 4.74 Å². The Bertz CT molecular complexity index is 615. The normalized spacial score (nSPS) is 19.6. The Morgan fingerprint density at radius 2 is 2.05 bits per heavy atom. The number of hydrogen-bond donors (Lipinski definition) is 0. The first-order chi connectivity index (χ1) is 10.5. The maximum Gasteiger partial charge on any atom is 0.320 e. The van der Waals surface area contributed by atoms with Gasteiger partial charge in [0.1, 0.15) is 11.0 Å². The summed E-state index contributed by atoms with van der Waals surface area (Å²) in [7, 11) is -2.30. The molecule has 2 rings (SSSR count). The molecule has 0 spiro atoms. The number of esters is 1. The van der Waals surface area contributed by atoms with Crippen LogP contribution in [0.4, 0.5) is 0 Å². The van der Waals surface area contributed by atoms with E-state index in [1.165, 1.54) is 35.3 Å². The summed E-state index contributed by atoms with van der Waals surface area (Å²) in [6.07, 6.45) is 0. The third-order valence-corrected chi connectivity index (χ3v) is 6.31. The molecule has 0 bridgehead atoms. The van der Waals surface area contributed by atoms with Gasteiger partial charge in [0.2, 0.25) is 10.0 Å². The van der Waals surface area contributed by atoms with E-state index in [-0.39, 0.29) is 11.4 Å². The number of ether oxygens (including phenoxy) is 2. The van der Waals surface area contributed by atoms with Crippen molar-refractivity contribution in [2.24, 2.45) is 0 Å². The van der Waals surface area contributed by atoms with Crippen LogP contribution in [0.2, 0.25) is 0 Å². The largest absolute Gasteiger partial charge is 0.494 e. The summed E-state index contributed by atoms with van der Waals surface area (Å²) in [6.45, 7) is 2.90. The number of hydrogen-bond acceptors (Lipinski definition) is 6. The molecule has 1 saturated heterocycles. The van der Waals surface area contributed by atoms with Gasteiger partial charge in [0.25, 0.3) is 0 Å². The molecule has 1 aliphatic heterocycles. The molecule has 0 N–H and O–H groups in total. The Kier molecular flexibility index (Phi) is 5.71. The van der Waals surface area contributed by atoms with E-state index in [1.54, 1.807) is 12.1 Å². The Hall–Kier alpha value is -1.25. The lowest BCUT2D eigenvalue weighted by molar-refractivity contribution is -0.140. The zero-order valence-corrected chi connectivity index (χ0v) is 14.2. The minimum absolute atomic E-state index is 0.132. The number of methoxy groups -OCH3 is 1. The second-order valence-corrected chi connectivity index (χ2v) is 7.90. The number of rotatable bonds is 5. The molecule has 1 fully saturated rings. The van der Waals surface area contributed by atoms with Gasteiger partial charge in [-0.3, -0.25) is 4.79 Å². The van der Waals surface area contributed by atoms with Crippen LogP contribution >= 0.6 is 11.8 Å². The van der Waals surface area contributed by atoms with Gasteiger partial charge in [0, 0.05) is 18.8 Å². The van der Waals surface area contributed by atoms with Crippen molar-refractivity contribution in [2.45, 2.75) is 17.1 Å². The Morgan fingerprint density at radius 3 is 2.64 bits per heavy atom. The van der Waals surface area contributed by atoms with Gasteiger partial charge in [0.15, 0.2) is 0 Å². The number of nitrogens with zero attached hydrogens (tertiary/aromatic N) is 1. The average Bonchev–Trinajstić information content (AvgIpc) is 2.55. The first-order valence-electron chi connectivity index (χ1n) is 6.91. The molecular weight excluding hydrogens is 326 g/mol. The highest BCUT2D eigenvalue weighted by Gasteiger charge is 2.34. The Balaban J connectivity index is 2.16. The fourth-order valence-electron chi connectivity index (χ4n) is 2.14. The van der Waals surface area contributed by atoms with Crippen LogP contribution in [0.1, 0.15) is 6.92 Å². The van der Waals surface area contributed by atoms with Crippen molar-refractivity contribution in [3.63, 3.8) is 0 Å². The van der Waals surface area contributed by atoms with Gasteiger partial charge in [-0.15, -0.1) is 11.8 Å². The fourth-order valence-corrected chi connectivity index (χ4v) is 4.93. The van der Waals surface area contributed by atoms with Crippen molar-refractivity contribution in [2.75, 3.05) is 32.6 Å². The summed E-state index contributed by atoms with van der Waals surface area (Å²) in [6, 6.07) is 6.31. The van der Waals surface area contributed by atoms with E-state index in [1.807, 2.05) is 6.92 Å². The summed E-state index contributed by atoms with van der Waals surface area (Å²) in [5, 5.41) is -0.476. The third kappa shape index (κ3) is 3.74. The molecule has 1 aliphatic rings. The maximum atomic E-state index is 12.6. The number of benzene rings is 1. The monoisotopic (exact) mass is 345 g/mol. The van der Waals surface area contributed by atoms with Gasteiger partial charge < -0.3 is 9.47 Å². The lowest BCUT2D eigenvalue weighted by atomic mass is 10.3. The van der Waals surface area contributed by atoms with E-state index in [0.717, 1.165) is 0 Å². The number of thioether (sulfide) groups is 1. The highest BCUT2D eigenvalue weighted by atomic mass is 32.2. The first kappa shape index (κ1) is 17.1. The highest BCUT2D eigenvalue weighted by molar-refractivity contribution is 8.00. The second kappa shape index (κ2) is 7.34. The molecule has 0 amide bonds. The minimum Gasteiger partial charge on any atom is -0.494 e. The van der Waals surface area contributed by atoms with Gasteiger partial charge in [0.05, 0.1) is 18.6 Å². The molecule has 0 saturated carbocycles. The van der Waals surface area contributed by atoms with Crippen LogP contribution in [-0.2, 0) is 19.6 Å². The van der Waals surface area contributed by atoms with Crippen LogP contribution in [0.3, 0.4) is 0 Å². The van der Waals surface area contributed by atoms with Gasteiger partial charge in [-0.25, -0.2) is 8.42 Å². The lowest BCUT2D eigenvalue weighted by Gasteiger charge is -2.30. The van der Waals surface area contributed by atoms with Crippen molar-refractivity contribution in [1.29, 1.82) is 0 Å². The molecule has 1 heterocycles. The van der Waals surface area contributed by atoms with Crippen LogP contribution in [0.5, 0.6) is 5.75 Å². The molecule has 0 aliphatic carbocycles. The zero-order chi connectivity index (χ0) is 16.2. The molecule has 1 atom stereocenters. The van der Waals surface area contributed by atoms with E-state index in [9.17, 15) is 13.2 Å². The molecule has 122 valence electrons. The van der Waals surface area contributed by atoms with Crippen LogP contribution in [0.15, 0.2) is 29.2 Å². The van der Waals surface area contributed by atoms with Crippen LogP contribution in [0, 0.1) is 0 Å². The van der Waals surface area contributed by atoms with Crippen LogP contribution in [-0.4, -0.2) is 56.5 Å². The first-order valence-corrected chi connectivity index (χ1v) is 9.40.